The number of amides is 1. The summed E-state index contributed by atoms with van der Waals surface area (Å²) in [6, 6.07) is -0.755. The van der Waals surface area contributed by atoms with Crippen molar-refractivity contribution in [2.24, 2.45) is 0 Å². The molecule has 8 nitrogen and oxygen atoms in total. The standard InChI is InChI=1S/C59H111N2O6P/c1-6-8-10-12-13-14-15-16-17-18-19-20-21-22-23-24-25-26-27-28-29-30-31-32-33-34-35-36-37-38-39-40-41-42-43-44-45-46-47-49-51-53-59(63)60-57(58(62)52-50-48-11-9-7-2)56-67-68(64,65)66-55-54-61(3,4)5/h8,10,13-14,16-17,19-20,22-23,57-58,62H,6-7,9,11-12,15,18,21,24-56H2,1-5H3,(H-,60,63,64,65)/p+1/b10-8-,14-13-,17-16-,20-19-,23-22-. The molecule has 0 rings (SSSR count). The largest absolute Gasteiger partial charge is 0.472 e. The molecule has 0 aliphatic rings. The number of aliphatic hydroxyl groups excluding tert-OH is 1. The summed E-state index contributed by atoms with van der Waals surface area (Å²) in [6.45, 7) is 4.69. The van der Waals surface area contributed by atoms with E-state index in [1.165, 1.54) is 148 Å². The van der Waals surface area contributed by atoms with Crippen LogP contribution in [-0.2, 0) is 18.4 Å². The number of carbonyl (C=O) groups is 1. The summed E-state index contributed by atoms with van der Waals surface area (Å²) in [5.41, 5.74) is 0. The first-order valence-corrected chi connectivity index (χ1v) is 30.1. The van der Waals surface area contributed by atoms with Gasteiger partial charge < -0.3 is 19.8 Å². The minimum absolute atomic E-state index is 0.0746. The van der Waals surface area contributed by atoms with E-state index in [-0.39, 0.29) is 19.1 Å². The summed E-state index contributed by atoms with van der Waals surface area (Å²) in [4.78, 5) is 23.0. The molecule has 1 amide bonds. The van der Waals surface area contributed by atoms with E-state index in [9.17, 15) is 19.4 Å². The van der Waals surface area contributed by atoms with E-state index in [0.717, 1.165) is 83.5 Å². The van der Waals surface area contributed by atoms with E-state index in [4.69, 9.17) is 9.05 Å². The molecular formula is C59H112N2O6P+. The van der Waals surface area contributed by atoms with Gasteiger partial charge in [0.1, 0.15) is 13.2 Å². The van der Waals surface area contributed by atoms with Crippen molar-refractivity contribution in [2.75, 3.05) is 40.9 Å². The van der Waals surface area contributed by atoms with Gasteiger partial charge in [0.05, 0.1) is 39.9 Å². The monoisotopic (exact) mass is 976 g/mol. The Morgan fingerprint density at radius 3 is 1.29 bits per heavy atom. The first-order chi connectivity index (χ1) is 33.0. The molecule has 68 heavy (non-hydrogen) atoms. The summed E-state index contributed by atoms with van der Waals surface area (Å²) in [7, 11) is 1.62. The molecule has 9 heteroatoms. The van der Waals surface area contributed by atoms with Crippen LogP contribution >= 0.6 is 7.82 Å². The highest BCUT2D eigenvalue weighted by molar-refractivity contribution is 7.47. The third-order valence-electron chi connectivity index (χ3n) is 12.8. The second-order valence-corrected chi connectivity index (χ2v) is 22.1. The summed E-state index contributed by atoms with van der Waals surface area (Å²) >= 11 is 0. The Kier molecular flexibility index (Phi) is 48.8. The maximum Gasteiger partial charge on any atom is 0.472 e. The van der Waals surface area contributed by atoms with Crippen LogP contribution in [-0.4, -0.2) is 73.4 Å². The second kappa shape index (κ2) is 50.2. The Balaban J connectivity index is 3.67. The molecule has 0 saturated heterocycles. The van der Waals surface area contributed by atoms with Crippen LogP contribution in [0.1, 0.15) is 258 Å². The first-order valence-electron chi connectivity index (χ1n) is 28.7. The highest BCUT2D eigenvalue weighted by Crippen LogP contribution is 2.43. The summed E-state index contributed by atoms with van der Waals surface area (Å²) in [5.74, 6) is -0.148. The number of nitrogens with one attached hydrogen (secondary N) is 1. The number of phosphoric acid groups is 1. The average Bonchev–Trinajstić information content (AvgIpc) is 3.30. The third-order valence-corrected chi connectivity index (χ3v) is 13.8. The molecule has 3 unspecified atom stereocenters. The minimum Gasteiger partial charge on any atom is -0.391 e. The van der Waals surface area contributed by atoms with Crippen molar-refractivity contribution < 1.29 is 32.9 Å². The fourth-order valence-electron chi connectivity index (χ4n) is 8.31. The Morgan fingerprint density at radius 2 is 0.882 bits per heavy atom. The summed E-state index contributed by atoms with van der Waals surface area (Å²) in [6.07, 6.45) is 67.9. The molecule has 0 radical (unpaired) electrons. The predicted octanol–water partition coefficient (Wildman–Crippen LogP) is 17.3. The molecule has 3 atom stereocenters. The van der Waals surface area contributed by atoms with Gasteiger partial charge in [-0.1, -0.05) is 254 Å². The normalized spacial score (nSPS) is 14.4. The zero-order valence-electron chi connectivity index (χ0n) is 45.3. The van der Waals surface area contributed by atoms with Crippen LogP contribution in [0.15, 0.2) is 60.8 Å². The van der Waals surface area contributed by atoms with E-state index < -0.39 is 20.0 Å². The Bertz CT molecular complexity index is 1290. The summed E-state index contributed by atoms with van der Waals surface area (Å²) < 4.78 is 23.5. The fraction of sp³-hybridized carbons (Fsp3) is 0.814. The van der Waals surface area contributed by atoms with Gasteiger partial charge in [0.2, 0.25) is 5.91 Å². The Labute approximate surface area is 422 Å². The van der Waals surface area contributed by atoms with E-state index in [2.05, 4.69) is 79.9 Å². The van der Waals surface area contributed by atoms with Gasteiger partial charge in [-0.3, -0.25) is 13.8 Å². The lowest BCUT2D eigenvalue weighted by Crippen LogP contribution is -2.46. The number of quaternary nitrogens is 1. The van der Waals surface area contributed by atoms with Gasteiger partial charge in [-0.25, -0.2) is 4.57 Å². The van der Waals surface area contributed by atoms with Crippen molar-refractivity contribution in [3.05, 3.63) is 60.8 Å². The second-order valence-electron chi connectivity index (χ2n) is 20.6. The molecule has 0 heterocycles. The third kappa shape index (κ3) is 52.0. The van der Waals surface area contributed by atoms with E-state index in [0.29, 0.717) is 23.9 Å². The van der Waals surface area contributed by atoms with Crippen molar-refractivity contribution >= 4 is 13.7 Å². The maximum absolute atomic E-state index is 12.8. The summed E-state index contributed by atoms with van der Waals surface area (Å²) in [5, 5.41) is 13.8. The van der Waals surface area contributed by atoms with Gasteiger partial charge in [-0.15, -0.1) is 0 Å². The predicted molar refractivity (Wildman–Crippen MR) is 295 cm³/mol. The van der Waals surface area contributed by atoms with Gasteiger partial charge in [0.15, 0.2) is 0 Å². The molecule has 0 aromatic rings. The number of nitrogens with zero attached hydrogens (tertiary/aromatic N) is 1. The van der Waals surface area contributed by atoms with Gasteiger partial charge in [-0.2, -0.15) is 0 Å². The van der Waals surface area contributed by atoms with Gasteiger partial charge >= 0.3 is 7.82 Å². The van der Waals surface area contributed by atoms with Gasteiger partial charge in [-0.05, 0) is 57.8 Å². The molecule has 398 valence electrons. The quantitative estimate of drug-likeness (QED) is 0.0243. The fourth-order valence-corrected chi connectivity index (χ4v) is 9.05. The number of allylic oxidation sites excluding steroid dienone is 10. The van der Waals surface area contributed by atoms with Gasteiger partial charge in [0.25, 0.3) is 0 Å². The van der Waals surface area contributed by atoms with Crippen molar-refractivity contribution in [1.82, 2.24) is 5.32 Å². The van der Waals surface area contributed by atoms with Crippen LogP contribution in [0, 0.1) is 0 Å². The van der Waals surface area contributed by atoms with Crippen molar-refractivity contribution in [3.8, 4) is 0 Å². The first kappa shape index (κ1) is 66.2. The van der Waals surface area contributed by atoms with Gasteiger partial charge in [0, 0.05) is 6.42 Å². The molecule has 0 bridgehead atoms. The Morgan fingerprint density at radius 1 is 0.515 bits per heavy atom. The van der Waals surface area contributed by atoms with Crippen LogP contribution in [0.3, 0.4) is 0 Å². The Hall–Kier alpha value is -1.80. The number of carbonyl (C=O) groups excluding carboxylic acids is 1. The van der Waals surface area contributed by atoms with Crippen molar-refractivity contribution in [1.29, 1.82) is 0 Å². The highest BCUT2D eigenvalue weighted by Gasteiger charge is 2.28. The molecular weight excluding hydrogens is 864 g/mol. The zero-order chi connectivity index (χ0) is 49.9. The lowest BCUT2D eigenvalue weighted by Gasteiger charge is -2.26. The topological polar surface area (TPSA) is 105 Å². The van der Waals surface area contributed by atoms with E-state index >= 15 is 0 Å². The van der Waals surface area contributed by atoms with E-state index in [1.54, 1.807) is 0 Å². The highest BCUT2D eigenvalue weighted by atomic mass is 31.2. The number of rotatable bonds is 52. The van der Waals surface area contributed by atoms with Crippen LogP contribution < -0.4 is 5.32 Å². The number of phosphoric ester groups is 1. The molecule has 0 aliphatic carbocycles. The van der Waals surface area contributed by atoms with Crippen LogP contribution in [0.5, 0.6) is 0 Å². The molecule has 0 fully saturated rings. The molecule has 0 aromatic heterocycles. The minimum atomic E-state index is -4.30. The zero-order valence-corrected chi connectivity index (χ0v) is 46.2. The maximum atomic E-state index is 12.8. The lowest BCUT2D eigenvalue weighted by atomic mass is 10.0. The number of likely N-dealkylation sites (N-methyl/N-ethyl adjacent to an activating group) is 1. The average molecular weight is 977 g/mol. The van der Waals surface area contributed by atoms with Crippen molar-refractivity contribution in [2.45, 2.75) is 270 Å². The molecule has 0 spiro atoms. The number of unbranched alkanes of at least 4 members (excludes halogenated alkanes) is 29. The molecule has 0 saturated carbocycles. The molecule has 0 aromatic carbocycles. The lowest BCUT2D eigenvalue weighted by molar-refractivity contribution is -0.870. The van der Waals surface area contributed by atoms with Crippen LogP contribution in [0.25, 0.3) is 0 Å². The number of aliphatic hydroxyl groups is 1. The van der Waals surface area contributed by atoms with Crippen molar-refractivity contribution in [3.63, 3.8) is 0 Å². The smallest absolute Gasteiger partial charge is 0.391 e. The molecule has 3 N–H and O–H groups in total. The number of hydrogen-bond donors (Lipinski definition) is 3. The van der Waals surface area contributed by atoms with Crippen LogP contribution in [0.2, 0.25) is 0 Å². The SMILES string of the molecule is CC/C=C\C/C=C\C/C=C\C/C=C\C/C=C\CCCCCCCCCCCCCCCCCCCCCCCCCCCC(=O)NC(COP(=O)(O)OCC[N+](C)(C)C)C(O)CCCCCCC. The van der Waals surface area contributed by atoms with Crippen LogP contribution in [0.4, 0.5) is 0 Å². The number of hydrogen-bond acceptors (Lipinski definition) is 5. The molecule has 0 aliphatic heterocycles. The van der Waals surface area contributed by atoms with E-state index in [1.807, 2.05) is 21.1 Å².